The Morgan fingerprint density at radius 1 is 1.02 bits per heavy atom. The van der Waals surface area contributed by atoms with Crippen LogP contribution in [-0.2, 0) is 16.1 Å². The van der Waals surface area contributed by atoms with Gasteiger partial charge in [-0.05, 0) is 72.1 Å². The Bertz CT molecular complexity index is 1470. The van der Waals surface area contributed by atoms with E-state index in [4.69, 9.17) is 11.6 Å². The van der Waals surface area contributed by atoms with E-state index in [2.05, 4.69) is 20.7 Å². The Balaban J connectivity index is 1.50. The molecule has 0 saturated heterocycles. The van der Waals surface area contributed by atoms with Crippen molar-refractivity contribution in [2.45, 2.75) is 50.7 Å². The maximum absolute atomic E-state index is 14.3. The second-order valence-electron chi connectivity index (χ2n) is 9.70. The third-order valence-electron chi connectivity index (χ3n) is 6.88. The number of aromatic nitrogens is 4. The summed E-state index contributed by atoms with van der Waals surface area (Å²) in [5.41, 5.74) is 1.10. The first-order chi connectivity index (χ1) is 19.4. The molecule has 9 nitrogen and oxygen atoms in total. The first-order valence-corrected chi connectivity index (χ1v) is 13.5. The number of amides is 2. The van der Waals surface area contributed by atoms with Crippen molar-refractivity contribution in [3.8, 4) is 17.1 Å². The van der Waals surface area contributed by atoms with Gasteiger partial charge in [0.05, 0.1) is 5.56 Å². The first kappa shape index (κ1) is 27.3. The normalized spacial score (nSPS) is 14.4. The van der Waals surface area contributed by atoms with Gasteiger partial charge in [-0.15, -0.1) is 10.2 Å². The molecule has 2 N–H and O–H groups in total. The number of carbonyl (C=O) groups is 2. The van der Waals surface area contributed by atoms with Gasteiger partial charge in [0.1, 0.15) is 24.2 Å². The summed E-state index contributed by atoms with van der Waals surface area (Å²) in [6.07, 6.45) is 4.91. The van der Waals surface area contributed by atoms with E-state index in [1.807, 2.05) is 0 Å². The monoisotopic (exact) mass is 562 g/mol. The molecule has 3 aromatic carbocycles. The quantitative estimate of drug-likeness (QED) is 0.310. The number of phenols is 1. The number of phenolic OH excluding ortho intramolecular Hbond substituents is 1. The third kappa shape index (κ3) is 6.28. The summed E-state index contributed by atoms with van der Waals surface area (Å²) in [6.45, 7) is -0.366. The lowest BCUT2D eigenvalue weighted by atomic mass is 9.94. The summed E-state index contributed by atoms with van der Waals surface area (Å²) >= 11 is 6.13. The van der Waals surface area contributed by atoms with Crippen molar-refractivity contribution in [1.82, 2.24) is 25.5 Å². The highest BCUT2D eigenvalue weighted by Gasteiger charge is 2.34. The average molecular weight is 563 g/mol. The Morgan fingerprint density at radius 2 is 1.73 bits per heavy atom. The van der Waals surface area contributed by atoms with Crippen molar-refractivity contribution in [3.63, 3.8) is 0 Å². The van der Waals surface area contributed by atoms with Crippen molar-refractivity contribution in [1.29, 1.82) is 0 Å². The second kappa shape index (κ2) is 12.3. The van der Waals surface area contributed by atoms with E-state index in [-0.39, 0.29) is 35.6 Å². The van der Waals surface area contributed by atoms with E-state index < -0.39 is 17.8 Å². The average Bonchev–Trinajstić information content (AvgIpc) is 3.41. The van der Waals surface area contributed by atoms with Crippen LogP contribution in [0.15, 0.2) is 72.8 Å². The van der Waals surface area contributed by atoms with Gasteiger partial charge in [-0.25, -0.2) is 4.39 Å². The van der Waals surface area contributed by atoms with Crippen LogP contribution >= 0.6 is 11.6 Å². The van der Waals surface area contributed by atoms with Crippen LogP contribution in [0.2, 0.25) is 5.02 Å². The summed E-state index contributed by atoms with van der Waals surface area (Å²) in [5, 5.41) is 25.6. The minimum Gasteiger partial charge on any atom is -0.508 e. The summed E-state index contributed by atoms with van der Waals surface area (Å²) < 4.78 is 14.3. The van der Waals surface area contributed by atoms with Crippen LogP contribution in [-0.4, -0.2) is 43.2 Å². The van der Waals surface area contributed by atoms with E-state index >= 15 is 0 Å². The molecule has 5 rings (SSSR count). The smallest absolute Gasteiger partial charge is 0.251 e. The Labute approximate surface area is 235 Å². The van der Waals surface area contributed by atoms with Gasteiger partial charge in [0, 0.05) is 16.8 Å². The minimum absolute atomic E-state index is 0.00310. The maximum Gasteiger partial charge on any atom is 0.251 e. The number of rotatable bonds is 8. The highest BCUT2D eigenvalue weighted by molar-refractivity contribution is 6.30. The van der Waals surface area contributed by atoms with Gasteiger partial charge in [-0.2, -0.15) is 4.80 Å². The van der Waals surface area contributed by atoms with E-state index in [0.29, 0.717) is 16.3 Å². The number of hydrogen-bond acceptors (Lipinski definition) is 6. The minimum atomic E-state index is -1.06. The van der Waals surface area contributed by atoms with Gasteiger partial charge in [0.2, 0.25) is 11.7 Å². The molecule has 0 spiro atoms. The lowest BCUT2D eigenvalue weighted by Crippen LogP contribution is -2.48. The van der Waals surface area contributed by atoms with E-state index in [1.165, 1.54) is 29.2 Å². The molecule has 206 valence electrons. The molecule has 4 aromatic rings. The first-order valence-electron chi connectivity index (χ1n) is 13.1. The van der Waals surface area contributed by atoms with Crippen molar-refractivity contribution in [2.75, 3.05) is 4.90 Å². The fraction of sp³-hybridized carbons (Fsp3) is 0.276. The number of tetrazole rings is 1. The number of hydrogen-bond donors (Lipinski definition) is 2. The predicted octanol–water partition coefficient (Wildman–Crippen LogP) is 5.06. The van der Waals surface area contributed by atoms with Gasteiger partial charge in [-0.3, -0.25) is 14.5 Å². The van der Waals surface area contributed by atoms with E-state index in [1.54, 1.807) is 48.5 Å². The summed E-state index contributed by atoms with van der Waals surface area (Å²) in [4.78, 5) is 30.3. The molecule has 1 saturated carbocycles. The Hall–Kier alpha value is -4.31. The molecule has 1 atom stereocenters. The van der Waals surface area contributed by atoms with E-state index in [9.17, 15) is 19.1 Å². The molecule has 1 fully saturated rings. The van der Waals surface area contributed by atoms with Crippen molar-refractivity contribution in [2.24, 2.45) is 0 Å². The Morgan fingerprint density at radius 3 is 2.42 bits per heavy atom. The van der Waals surface area contributed by atoms with Gasteiger partial charge >= 0.3 is 0 Å². The van der Waals surface area contributed by atoms with Crippen LogP contribution in [0.4, 0.5) is 10.1 Å². The van der Waals surface area contributed by atoms with Crippen LogP contribution in [0.5, 0.6) is 5.75 Å². The highest BCUT2D eigenvalue weighted by Crippen LogP contribution is 2.31. The lowest BCUT2D eigenvalue weighted by Gasteiger charge is -2.33. The molecule has 1 aliphatic rings. The molecule has 1 aromatic heterocycles. The van der Waals surface area contributed by atoms with Crippen LogP contribution in [0.25, 0.3) is 11.4 Å². The number of halogens is 2. The van der Waals surface area contributed by atoms with Gasteiger partial charge in [0.25, 0.3) is 5.91 Å². The Kier molecular flexibility index (Phi) is 8.35. The van der Waals surface area contributed by atoms with Gasteiger partial charge in [0.15, 0.2) is 0 Å². The standard InChI is InChI=1S/C29H28ClFN6O3/c30-20-12-14-22(15-13-20)37(26(39)18-36-34-28(33-35-36)24-8-4-5-9-25(24)31)27(19-10-16-23(38)17-11-19)29(40)32-21-6-2-1-3-7-21/h4-5,8-17,21,27,38H,1-3,6-7,18H2,(H,32,40)/t27-/m0/s1. The summed E-state index contributed by atoms with van der Waals surface area (Å²) in [7, 11) is 0. The fourth-order valence-electron chi connectivity index (χ4n) is 4.90. The van der Waals surface area contributed by atoms with Gasteiger partial charge in [-0.1, -0.05) is 55.1 Å². The van der Waals surface area contributed by atoms with E-state index in [0.717, 1.165) is 36.9 Å². The molecule has 0 radical (unpaired) electrons. The number of aromatic hydroxyl groups is 1. The molecule has 0 aliphatic heterocycles. The maximum atomic E-state index is 14.3. The molecule has 0 bridgehead atoms. The van der Waals surface area contributed by atoms with Gasteiger partial charge < -0.3 is 10.4 Å². The van der Waals surface area contributed by atoms with Crippen LogP contribution in [0, 0.1) is 5.82 Å². The largest absolute Gasteiger partial charge is 0.508 e. The highest BCUT2D eigenvalue weighted by atomic mass is 35.5. The van der Waals surface area contributed by atoms with Crippen LogP contribution in [0.3, 0.4) is 0 Å². The van der Waals surface area contributed by atoms with Crippen molar-refractivity contribution in [3.05, 3.63) is 89.2 Å². The molecule has 2 amide bonds. The zero-order valence-electron chi connectivity index (χ0n) is 21.6. The molecule has 1 heterocycles. The number of anilines is 1. The van der Waals surface area contributed by atoms with Crippen molar-refractivity contribution < 1.29 is 19.1 Å². The molecular formula is C29H28ClFN6O3. The van der Waals surface area contributed by atoms with Crippen LogP contribution < -0.4 is 10.2 Å². The summed E-state index contributed by atoms with van der Waals surface area (Å²) in [5.74, 6) is -1.29. The SMILES string of the molecule is O=C(NC1CCCCC1)[C@H](c1ccc(O)cc1)N(C(=O)Cn1nnc(-c2ccccc2F)n1)c1ccc(Cl)cc1. The number of carbonyl (C=O) groups excluding carboxylic acids is 2. The van der Waals surface area contributed by atoms with Crippen molar-refractivity contribution >= 4 is 29.1 Å². The molecule has 1 aliphatic carbocycles. The second-order valence-corrected chi connectivity index (χ2v) is 10.1. The third-order valence-corrected chi connectivity index (χ3v) is 7.14. The topological polar surface area (TPSA) is 113 Å². The van der Waals surface area contributed by atoms with Crippen LogP contribution in [0.1, 0.15) is 43.7 Å². The number of nitrogens with one attached hydrogen (secondary N) is 1. The number of benzene rings is 3. The summed E-state index contributed by atoms with van der Waals surface area (Å²) in [6, 6.07) is 17.7. The zero-order valence-corrected chi connectivity index (χ0v) is 22.3. The zero-order chi connectivity index (χ0) is 28.1. The molecular weight excluding hydrogens is 535 g/mol. The molecule has 40 heavy (non-hydrogen) atoms. The lowest BCUT2D eigenvalue weighted by molar-refractivity contribution is -0.127. The predicted molar refractivity (Wildman–Crippen MR) is 148 cm³/mol. The number of nitrogens with zero attached hydrogens (tertiary/aromatic N) is 5. The molecule has 0 unspecified atom stereocenters. The fourth-order valence-corrected chi connectivity index (χ4v) is 5.02. The molecule has 11 heteroatoms.